The lowest BCUT2D eigenvalue weighted by atomic mass is 10.2. The molecule has 0 saturated carbocycles. The molecule has 25 heavy (non-hydrogen) atoms. The molecule has 0 bridgehead atoms. The topological polar surface area (TPSA) is 94.0 Å². The summed E-state index contributed by atoms with van der Waals surface area (Å²) >= 11 is 0. The van der Waals surface area contributed by atoms with Crippen molar-refractivity contribution in [1.82, 2.24) is 19.3 Å². The molecule has 128 valence electrons. The van der Waals surface area contributed by atoms with Gasteiger partial charge in [-0.3, -0.25) is 4.79 Å². The van der Waals surface area contributed by atoms with E-state index < -0.39 is 10.0 Å². The number of aromatic nitrogens is 3. The molecule has 3 rings (SSSR count). The minimum absolute atomic E-state index is 0.169. The molecule has 0 atom stereocenters. The fourth-order valence-corrected chi connectivity index (χ4v) is 3.40. The molecule has 0 aliphatic rings. The SMILES string of the molecule is Cc1ccc(S(=O)(=O)n2ccc(C(=O)NCc3cncnc3)c2)cc1. The molecule has 0 aliphatic carbocycles. The highest BCUT2D eigenvalue weighted by Crippen LogP contribution is 2.16. The highest BCUT2D eigenvalue weighted by atomic mass is 32.2. The summed E-state index contributed by atoms with van der Waals surface area (Å²) in [5.74, 6) is -0.373. The first-order chi connectivity index (χ1) is 12.0. The van der Waals surface area contributed by atoms with Crippen LogP contribution in [0.15, 0.2) is 66.3 Å². The molecular formula is C17H16N4O3S. The van der Waals surface area contributed by atoms with Crippen molar-refractivity contribution < 1.29 is 13.2 Å². The Kier molecular flexibility index (Phi) is 4.62. The molecule has 1 aromatic carbocycles. The van der Waals surface area contributed by atoms with Crippen LogP contribution < -0.4 is 5.32 Å². The predicted molar refractivity (Wildman–Crippen MR) is 91.4 cm³/mol. The van der Waals surface area contributed by atoms with Gasteiger partial charge >= 0.3 is 0 Å². The second-order valence-electron chi connectivity index (χ2n) is 5.48. The molecule has 0 saturated heterocycles. The summed E-state index contributed by atoms with van der Waals surface area (Å²) in [6.45, 7) is 2.14. The zero-order chi connectivity index (χ0) is 17.9. The summed E-state index contributed by atoms with van der Waals surface area (Å²) in [4.78, 5) is 20.1. The van der Waals surface area contributed by atoms with Crippen LogP contribution in [0.3, 0.4) is 0 Å². The number of amides is 1. The smallest absolute Gasteiger partial charge is 0.267 e. The van der Waals surface area contributed by atoms with Crippen LogP contribution in [-0.2, 0) is 16.6 Å². The molecule has 8 heteroatoms. The largest absolute Gasteiger partial charge is 0.348 e. The first kappa shape index (κ1) is 16.8. The van der Waals surface area contributed by atoms with E-state index in [4.69, 9.17) is 0 Å². The van der Waals surface area contributed by atoms with Gasteiger partial charge in [-0.2, -0.15) is 0 Å². The van der Waals surface area contributed by atoms with Crippen molar-refractivity contribution in [2.24, 2.45) is 0 Å². The molecule has 0 unspecified atom stereocenters. The molecule has 3 aromatic rings. The summed E-state index contributed by atoms with van der Waals surface area (Å²) < 4.78 is 26.2. The van der Waals surface area contributed by atoms with Crippen LogP contribution in [0.5, 0.6) is 0 Å². The van der Waals surface area contributed by atoms with E-state index in [-0.39, 0.29) is 22.9 Å². The summed E-state index contributed by atoms with van der Waals surface area (Å²) in [6, 6.07) is 8.00. The van der Waals surface area contributed by atoms with Gasteiger partial charge in [-0.1, -0.05) is 17.7 Å². The Bertz CT molecular complexity index is 980. The lowest BCUT2D eigenvalue weighted by Gasteiger charge is -2.06. The third kappa shape index (κ3) is 3.74. The predicted octanol–water partition coefficient (Wildman–Crippen LogP) is 1.75. The van der Waals surface area contributed by atoms with Gasteiger partial charge in [-0.25, -0.2) is 22.4 Å². The number of nitrogens with zero attached hydrogens (tertiary/aromatic N) is 3. The van der Waals surface area contributed by atoms with Gasteiger partial charge in [0.15, 0.2) is 0 Å². The van der Waals surface area contributed by atoms with Gasteiger partial charge in [0.05, 0.1) is 10.5 Å². The second-order valence-corrected chi connectivity index (χ2v) is 7.32. The van der Waals surface area contributed by atoms with Crippen molar-refractivity contribution in [2.75, 3.05) is 0 Å². The van der Waals surface area contributed by atoms with Gasteiger partial charge in [-0.15, -0.1) is 0 Å². The standard InChI is InChI=1S/C17H16N4O3S/c1-13-2-4-16(5-3-13)25(23,24)21-7-6-15(11-21)17(22)20-10-14-8-18-12-19-9-14/h2-9,11-12H,10H2,1H3,(H,20,22). The number of carbonyl (C=O) groups excluding carboxylic acids is 1. The van der Waals surface area contributed by atoms with Gasteiger partial charge in [0, 0.05) is 36.9 Å². The quantitative estimate of drug-likeness (QED) is 0.752. The van der Waals surface area contributed by atoms with E-state index in [0.29, 0.717) is 0 Å². The summed E-state index contributed by atoms with van der Waals surface area (Å²) in [7, 11) is -3.72. The molecule has 1 N–H and O–H groups in total. The monoisotopic (exact) mass is 356 g/mol. The molecule has 1 amide bonds. The fourth-order valence-electron chi connectivity index (χ4n) is 2.20. The maximum atomic E-state index is 12.6. The van der Waals surface area contributed by atoms with Crippen LogP contribution in [0.25, 0.3) is 0 Å². The van der Waals surface area contributed by atoms with Crippen molar-refractivity contribution in [1.29, 1.82) is 0 Å². The Balaban J connectivity index is 1.75. The number of rotatable bonds is 5. The van der Waals surface area contributed by atoms with Crippen LogP contribution in [0.1, 0.15) is 21.5 Å². The van der Waals surface area contributed by atoms with Crippen molar-refractivity contribution in [3.63, 3.8) is 0 Å². The van der Waals surface area contributed by atoms with Gasteiger partial charge in [0.2, 0.25) is 0 Å². The van der Waals surface area contributed by atoms with Crippen molar-refractivity contribution in [3.8, 4) is 0 Å². The average molecular weight is 356 g/mol. The minimum atomic E-state index is -3.72. The highest BCUT2D eigenvalue weighted by molar-refractivity contribution is 7.90. The maximum Gasteiger partial charge on any atom is 0.267 e. The first-order valence-electron chi connectivity index (χ1n) is 7.49. The molecule has 2 heterocycles. The minimum Gasteiger partial charge on any atom is -0.348 e. The lowest BCUT2D eigenvalue weighted by Crippen LogP contribution is -2.22. The van der Waals surface area contributed by atoms with Gasteiger partial charge in [0.1, 0.15) is 6.33 Å². The third-order valence-corrected chi connectivity index (χ3v) is 5.24. The molecule has 0 spiro atoms. The van der Waals surface area contributed by atoms with E-state index in [9.17, 15) is 13.2 Å². The molecule has 0 aliphatic heterocycles. The number of hydrogen-bond donors (Lipinski definition) is 1. The van der Waals surface area contributed by atoms with E-state index in [1.165, 1.54) is 24.8 Å². The highest BCUT2D eigenvalue weighted by Gasteiger charge is 2.18. The Morgan fingerprint density at radius 1 is 1.12 bits per heavy atom. The van der Waals surface area contributed by atoms with E-state index in [2.05, 4.69) is 15.3 Å². The van der Waals surface area contributed by atoms with Gasteiger partial charge < -0.3 is 5.32 Å². The Morgan fingerprint density at radius 2 is 1.80 bits per heavy atom. The molecular weight excluding hydrogens is 340 g/mol. The maximum absolute atomic E-state index is 12.6. The molecule has 2 aromatic heterocycles. The van der Waals surface area contributed by atoms with Crippen LogP contribution in [0.4, 0.5) is 0 Å². The van der Waals surface area contributed by atoms with E-state index in [1.54, 1.807) is 36.7 Å². The third-order valence-electron chi connectivity index (χ3n) is 3.59. The normalized spacial score (nSPS) is 11.2. The van der Waals surface area contributed by atoms with Crippen molar-refractivity contribution >= 4 is 15.9 Å². The fraction of sp³-hybridized carbons (Fsp3) is 0.118. The van der Waals surface area contributed by atoms with Crippen molar-refractivity contribution in [2.45, 2.75) is 18.4 Å². The number of aryl methyl sites for hydroxylation is 1. The Labute approximate surface area is 145 Å². The lowest BCUT2D eigenvalue weighted by molar-refractivity contribution is 0.0951. The second kappa shape index (κ2) is 6.86. The molecule has 7 nitrogen and oxygen atoms in total. The number of nitrogens with one attached hydrogen (secondary N) is 1. The average Bonchev–Trinajstić information content (AvgIpc) is 3.12. The van der Waals surface area contributed by atoms with Crippen LogP contribution in [0.2, 0.25) is 0 Å². The Morgan fingerprint density at radius 3 is 2.48 bits per heavy atom. The van der Waals surface area contributed by atoms with Gasteiger partial charge in [-0.05, 0) is 25.1 Å². The Hall–Kier alpha value is -3.00. The number of carbonyl (C=O) groups is 1. The van der Waals surface area contributed by atoms with Gasteiger partial charge in [0.25, 0.3) is 15.9 Å². The van der Waals surface area contributed by atoms with Crippen molar-refractivity contribution in [3.05, 3.63) is 78.1 Å². The van der Waals surface area contributed by atoms with Crippen LogP contribution in [0, 0.1) is 6.92 Å². The molecule has 0 radical (unpaired) electrons. The summed E-state index contributed by atoms with van der Waals surface area (Å²) in [5.41, 5.74) is 1.98. The zero-order valence-electron chi connectivity index (χ0n) is 13.5. The zero-order valence-corrected chi connectivity index (χ0v) is 14.3. The summed E-state index contributed by atoms with van der Waals surface area (Å²) in [6.07, 6.45) is 7.25. The van der Waals surface area contributed by atoms with E-state index in [1.807, 2.05) is 6.92 Å². The van der Waals surface area contributed by atoms with E-state index in [0.717, 1.165) is 15.1 Å². The number of benzene rings is 1. The number of hydrogen-bond acceptors (Lipinski definition) is 5. The summed E-state index contributed by atoms with van der Waals surface area (Å²) in [5, 5.41) is 2.70. The van der Waals surface area contributed by atoms with Crippen LogP contribution in [-0.4, -0.2) is 28.3 Å². The van der Waals surface area contributed by atoms with Crippen LogP contribution >= 0.6 is 0 Å². The first-order valence-corrected chi connectivity index (χ1v) is 8.93. The van der Waals surface area contributed by atoms with E-state index >= 15 is 0 Å². The molecule has 0 fully saturated rings.